The third kappa shape index (κ3) is 35.0. The maximum Gasteiger partial charge on any atom is 0.338 e. The third-order valence-corrected chi connectivity index (χ3v) is 21.9. The maximum atomic E-state index is 15.2. The Kier molecular flexibility index (Phi) is 45.0. The van der Waals surface area contributed by atoms with Crippen LogP contribution in [0.25, 0.3) is 0 Å². The number of benzene rings is 4. The van der Waals surface area contributed by atoms with Gasteiger partial charge in [-0.25, -0.2) is 19.2 Å². The van der Waals surface area contributed by atoms with Crippen molar-refractivity contribution >= 4 is 107 Å². The number of amides is 2. The second-order valence-electron chi connectivity index (χ2n) is 33.7. The van der Waals surface area contributed by atoms with Gasteiger partial charge in [-0.3, -0.25) is 67.1 Å². The Bertz CT molecular complexity index is 5090. The lowest BCUT2D eigenvalue weighted by atomic mass is 9.94. The first-order valence-electron chi connectivity index (χ1n) is 46.2. The van der Waals surface area contributed by atoms with Crippen LogP contribution in [0.2, 0.25) is 0 Å². The van der Waals surface area contributed by atoms with Gasteiger partial charge in [-0.2, -0.15) is 0 Å². The number of rotatable bonds is 47. The largest absolute Gasteiger partial charge is 0.463 e. The van der Waals surface area contributed by atoms with Gasteiger partial charge in [0.1, 0.15) is 106 Å². The van der Waals surface area contributed by atoms with E-state index in [4.69, 9.17) is 133 Å². The van der Waals surface area contributed by atoms with E-state index in [-0.39, 0.29) is 28.9 Å². The molecule has 4 aromatic rings. The van der Waals surface area contributed by atoms with E-state index in [2.05, 4.69) is 10.6 Å². The Labute approximate surface area is 836 Å². The van der Waals surface area contributed by atoms with E-state index in [0.29, 0.717) is 12.8 Å². The Morgan fingerprint density at radius 1 is 0.308 bits per heavy atom. The van der Waals surface area contributed by atoms with Crippen LogP contribution in [0.15, 0.2) is 121 Å². The van der Waals surface area contributed by atoms with Crippen LogP contribution in [0.4, 0.5) is 0 Å². The zero-order valence-corrected chi connectivity index (χ0v) is 82.6. The number of aliphatic hydroxyl groups is 1. The molecular weight excluding hydrogens is 1950 g/mol. The van der Waals surface area contributed by atoms with Crippen LogP contribution in [-0.4, -0.2) is 343 Å². The molecule has 11 unspecified atom stereocenters. The first-order valence-corrected chi connectivity index (χ1v) is 46.2. The predicted molar refractivity (Wildman–Crippen MR) is 481 cm³/mol. The van der Waals surface area contributed by atoms with Crippen LogP contribution in [0.1, 0.15) is 165 Å². The number of carbonyl (C=O) groups excluding carboxylic acids is 18. The molecule has 5 saturated heterocycles. The number of hydrogen-bond donors (Lipinski definition) is 3. The molecule has 49 heteroatoms. The fraction of sp³-hybridized carbons (Fsp3) is 0.567. The van der Waals surface area contributed by atoms with E-state index in [1.54, 1.807) is 24.3 Å². The molecule has 29 atom stereocenters. The summed E-state index contributed by atoms with van der Waals surface area (Å²) >= 11 is 0. The van der Waals surface area contributed by atoms with Crippen LogP contribution in [-0.2, 0) is 200 Å². The molecule has 0 aliphatic carbocycles. The van der Waals surface area contributed by atoms with Crippen molar-refractivity contribution in [1.29, 1.82) is 0 Å². The highest BCUT2D eigenvalue weighted by Gasteiger charge is 2.62. The summed E-state index contributed by atoms with van der Waals surface area (Å²) in [6.45, 7) is 9.03. The molecule has 0 bridgehead atoms. The monoisotopic (exact) mass is 2060 g/mol. The van der Waals surface area contributed by atoms with Crippen LogP contribution in [0.3, 0.4) is 0 Å². The van der Waals surface area contributed by atoms with Crippen LogP contribution < -0.4 is 10.6 Å². The van der Waals surface area contributed by atoms with Crippen molar-refractivity contribution in [1.82, 2.24) is 10.6 Å². The van der Waals surface area contributed by atoms with Gasteiger partial charge in [-0.05, 0) is 61.9 Å². The molecule has 5 aliphatic rings. The van der Waals surface area contributed by atoms with Gasteiger partial charge in [-0.1, -0.05) is 86.1 Å². The first kappa shape index (κ1) is 116. The topological polar surface area (TPSA) is 610 Å². The molecule has 5 fully saturated rings. The van der Waals surface area contributed by atoms with Crippen LogP contribution in [0, 0.1) is 0 Å². The average Bonchev–Trinajstić information content (AvgIpc) is 0.771. The minimum Gasteiger partial charge on any atom is -0.463 e. The van der Waals surface area contributed by atoms with E-state index in [1.807, 2.05) is 6.92 Å². The highest BCUT2D eigenvalue weighted by molar-refractivity contribution is 5.91. The minimum atomic E-state index is -2.47. The lowest BCUT2D eigenvalue weighted by molar-refractivity contribution is -0.356. The van der Waals surface area contributed by atoms with Crippen LogP contribution in [0.5, 0.6) is 0 Å². The summed E-state index contributed by atoms with van der Waals surface area (Å²) in [6, 6.07) is 25.4. The molecule has 0 saturated carbocycles. The fourth-order valence-electron chi connectivity index (χ4n) is 15.9. The standard InChI is InChI=1S/C97H120N2O47/c1-17-18-39-119-95-85(143-91(118)65-37-29-22-30-38-65)84(142-90(117)64-35-27-21-28-36-64)79(72(139-95)46-124-88(115)62-31-23-19-24-32-62)144-92(47(2)127-89(116)63-33-25-20-26-34-63)136-67(41-126-94-74(99-49(4)101)81(131-57(12)109)76(69(138-94)43-121-51(6)103)146-97-87(135-61(16)113)83(133-59(14)111)78(129-55(10)107)71(141-97)45-123-53(8)105)66(114)40-125-93-73(98-48(3)100)80(130-56(11)108)75(68(137-93)42-120-50(5)102)145-96-86(134-60(15)112)82(132-58(13)110)77(128-54(9)106)70(140-96)44-122-52(7)104/h19-38,47,66-87,92-97,114H,17-18,39-46H2,1-16H3,(H,98,100)(H,99,101)/t47-,66+,67?,68?,69?,70?,71?,72?,73-,74?,75+,76+,77-,78-,79+,80?,81+,82?,83?,84-,85?,86-,87-,92-,93+,94+,95+,96-,97-/m0/s1. The normalized spacial score (nSPS) is 27.6. The summed E-state index contributed by atoms with van der Waals surface area (Å²) in [5.41, 5.74) is -0.336. The highest BCUT2D eigenvalue weighted by Crippen LogP contribution is 2.41. The van der Waals surface area contributed by atoms with Gasteiger partial charge in [0.05, 0.1) is 35.5 Å². The summed E-state index contributed by atoms with van der Waals surface area (Å²) in [7, 11) is 0. The van der Waals surface area contributed by atoms with Gasteiger partial charge in [0, 0.05) is 104 Å². The molecule has 3 N–H and O–H groups in total. The van der Waals surface area contributed by atoms with E-state index in [9.17, 15) is 86.6 Å². The molecule has 800 valence electrons. The lowest BCUT2D eigenvalue weighted by Gasteiger charge is -2.49. The van der Waals surface area contributed by atoms with Gasteiger partial charge in [0.15, 0.2) is 105 Å². The molecule has 49 nitrogen and oxygen atoms in total. The Morgan fingerprint density at radius 3 is 0.966 bits per heavy atom. The second-order valence-corrected chi connectivity index (χ2v) is 33.7. The van der Waals surface area contributed by atoms with Crippen LogP contribution >= 0.6 is 0 Å². The lowest BCUT2D eigenvalue weighted by Crippen LogP contribution is -2.69. The maximum absolute atomic E-state index is 15.2. The van der Waals surface area contributed by atoms with Gasteiger partial charge in [0.25, 0.3) is 0 Å². The SMILES string of the molecule is CCCCO[C@@H]1OC(COC(=O)c2ccccc2)[C@@H](O[C@H](OC(CO[C@@H]2OC(COC(C)=O)[C@@H](O[C@@H]3OC(COC(C)=O)[C@H](OC(C)=O)C(OC(C)=O)[C@@H]3OC(C)=O)[C@H](OC(C)=O)C2NC(C)=O)[C@H](O)CO[C@@H]2OC(COC(C)=O)[C@@H](O[C@@H]3OC(COC(C)=O)[C@H](OC(C)=O)C(OC(C)=O)[C@@H]3OC(C)=O)C(OC(C)=O)[C@@H]2NC(C)=O)[C@H](C)OC(=O)c2ccccc2)[C@H](OC(=O)c2ccccc2)C1OC(=O)c1ccccc1. The first-order chi connectivity index (χ1) is 69.4. The Hall–Kier alpha value is -13.2. The van der Waals surface area contributed by atoms with E-state index >= 15 is 4.79 Å². The summed E-state index contributed by atoms with van der Waals surface area (Å²) < 4.78 is 173. The Balaban J connectivity index is 1.26. The van der Waals surface area contributed by atoms with Crippen molar-refractivity contribution in [3.05, 3.63) is 144 Å². The van der Waals surface area contributed by atoms with Crippen molar-refractivity contribution in [2.45, 2.75) is 302 Å². The van der Waals surface area contributed by atoms with Gasteiger partial charge in [-0.15, -0.1) is 0 Å². The number of esters is 16. The second kappa shape index (κ2) is 56.5. The molecule has 5 aliphatic heterocycles. The number of carbonyl (C=O) groups is 18. The zero-order valence-electron chi connectivity index (χ0n) is 82.6. The van der Waals surface area contributed by atoms with Crippen molar-refractivity contribution in [2.24, 2.45) is 0 Å². The summed E-state index contributed by atoms with van der Waals surface area (Å²) in [4.78, 5) is 245. The van der Waals surface area contributed by atoms with Crippen molar-refractivity contribution in [3.8, 4) is 0 Å². The van der Waals surface area contributed by atoms with Crippen molar-refractivity contribution < 1.29 is 224 Å². The van der Waals surface area contributed by atoms with Gasteiger partial charge < -0.3 is 148 Å². The number of hydrogen-bond acceptors (Lipinski definition) is 47. The minimum absolute atomic E-state index is 0.00914. The predicted octanol–water partition coefficient (Wildman–Crippen LogP) is 2.96. The molecule has 9 rings (SSSR count). The molecule has 0 spiro atoms. The Morgan fingerprint density at radius 2 is 0.603 bits per heavy atom. The molecule has 4 aromatic carbocycles. The number of ether oxygens (including phenoxy) is 28. The highest BCUT2D eigenvalue weighted by atomic mass is 16.8. The van der Waals surface area contributed by atoms with E-state index in [1.165, 1.54) is 104 Å². The molecule has 0 aromatic heterocycles. The van der Waals surface area contributed by atoms with Crippen molar-refractivity contribution in [3.63, 3.8) is 0 Å². The summed E-state index contributed by atoms with van der Waals surface area (Å²) in [6.07, 6.45) is -54.0. The zero-order chi connectivity index (χ0) is 107. The van der Waals surface area contributed by atoms with E-state index < -0.39 is 332 Å². The average molecular weight is 2070 g/mol. The number of aliphatic hydroxyl groups excluding tert-OH is 1. The van der Waals surface area contributed by atoms with Crippen molar-refractivity contribution in [2.75, 3.05) is 52.9 Å². The molecule has 5 heterocycles. The number of unbranched alkanes of at least 4 members (excludes halogenated alkanes) is 1. The third-order valence-electron chi connectivity index (χ3n) is 21.9. The number of nitrogens with one attached hydrogen (secondary N) is 2. The van der Waals surface area contributed by atoms with Gasteiger partial charge in [0.2, 0.25) is 11.8 Å². The summed E-state index contributed by atoms with van der Waals surface area (Å²) in [5.74, 6) is -19.0. The molecule has 146 heavy (non-hydrogen) atoms. The van der Waals surface area contributed by atoms with E-state index in [0.717, 1.165) is 96.9 Å². The smallest absolute Gasteiger partial charge is 0.338 e. The quantitative estimate of drug-likeness (QED) is 0.0248. The summed E-state index contributed by atoms with van der Waals surface area (Å²) in [5, 5.41) is 18.8. The fourth-order valence-corrected chi connectivity index (χ4v) is 15.9. The van der Waals surface area contributed by atoms with Gasteiger partial charge >= 0.3 is 95.5 Å². The molecule has 0 radical (unpaired) electrons. The molecular formula is C97H120N2O47. The molecule has 2 amide bonds.